The lowest BCUT2D eigenvalue weighted by Crippen LogP contribution is -2.37. The molecule has 30 heavy (non-hydrogen) atoms. The van der Waals surface area contributed by atoms with Crippen molar-refractivity contribution in [3.8, 4) is 5.75 Å². The first-order valence-corrected chi connectivity index (χ1v) is 11.2. The molecule has 2 N–H and O–H groups in total. The number of ether oxygens (including phenoxy) is 1. The maximum Gasteiger partial charge on any atom is 0.573 e. The molecule has 0 saturated heterocycles. The van der Waals surface area contributed by atoms with Crippen LogP contribution in [0.3, 0.4) is 0 Å². The molecular formula is C20H24F3N3O3S. The summed E-state index contributed by atoms with van der Waals surface area (Å²) in [5, 5.41) is 6.02. The smallest absolute Gasteiger partial charge is 0.405 e. The summed E-state index contributed by atoms with van der Waals surface area (Å²) in [6.45, 7) is 2.85. The van der Waals surface area contributed by atoms with Gasteiger partial charge in [0.05, 0.1) is 12.3 Å². The van der Waals surface area contributed by atoms with Crippen LogP contribution in [0.15, 0.2) is 53.5 Å². The van der Waals surface area contributed by atoms with Gasteiger partial charge in [-0.1, -0.05) is 42.5 Å². The fraction of sp³-hybridized carbons (Fsp3) is 0.350. The van der Waals surface area contributed by atoms with Crippen LogP contribution in [0.2, 0.25) is 0 Å². The van der Waals surface area contributed by atoms with Crippen LogP contribution >= 0.6 is 0 Å². The van der Waals surface area contributed by atoms with E-state index < -0.39 is 16.2 Å². The molecule has 0 amide bonds. The first-order chi connectivity index (χ1) is 14.1. The van der Waals surface area contributed by atoms with Gasteiger partial charge in [-0.3, -0.25) is 0 Å². The summed E-state index contributed by atoms with van der Waals surface area (Å²) in [4.78, 5) is 4.42. The van der Waals surface area contributed by atoms with Gasteiger partial charge in [-0.25, -0.2) is 13.4 Å². The summed E-state index contributed by atoms with van der Waals surface area (Å²) in [5.74, 6) is 0.134. The SMILES string of the molecule is CCNC(=NCc1ccc(CS(C)(=O)=O)cc1)NCc1ccccc1OC(F)(F)F. The van der Waals surface area contributed by atoms with Crippen LogP contribution in [0.1, 0.15) is 23.6 Å². The Morgan fingerprint density at radius 2 is 1.67 bits per heavy atom. The summed E-state index contributed by atoms with van der Waals surface area (Å²) in [6, 6.07) is 12.9. The van der Waals surface area contributed by atoms with Gasteiger partial charge in [0.25, 0.3) is 0 Å². The lowest BCUT2D eigenvalue weighted by atomic mass is 10.1. The number of halogens is 3. The van der Waals surface area contributed by atoms with Gasteiger partial charge in [-0.05, 0) is 24.1 Å². The predicted molar refractivity (Wildman–Crippen MR) is 110 cm³/mol. The van der Waals surface area contributed by atoms with Gasteiger partial charge in [0, 0.05) is 24.9 Å². The molecule has 0 aromatic heterocycles. The average molecular weight is 443 g/mol. The van der Waals surface area contributed by atoms with Crippen molar-refractivity contribution >= 4 is 15.8 Å². The Morgan fingerprint density at radius 1 is 1.03 bits per heavy atom. The van der Waals surface area contributed by atoms with E-state index in [0.717, 1.165) is 5.56 Å². The third-order valence-electron chi connectivity index (χ3n) is 3.86. The van der Waals surface area contributed by atoms with Crippen LogP contribution in [0.5, 0.6) is 5.75 Å². The van der Waals surface area contributed by atoms with Crippen LogP contribution < -0.4 is 15.4 Å². The van der Waals surface area contributed by atoms with Crippen LogP contribution in [0.4, 0.5) is 13.2 Å². The minimum absolute atomic E-state index is 0.0276. The molecule has 0 aliphatic heterocycles. The maximum atomic E-state index is 12.6. The maximum absolute atomic E-state index is 12.6. The molecule has 0 saturated carbocycles. The molecule has 164 valence electrons. The molecule has 6 nitrogen and oxygen atoms in total. The highest BCUT2D eigenvalue weighted by atomic mass is 32.2. The third kappa shape index (κ3) is 8.73. The van der Waals surface area contributed by atoms with Gasteiger partial charge in [0.15, 0.2) is 15.8 Å². The standard InChI is InChI=1S/C20H24F3N3O3S/c1-3-24-19(25-12-15-8-10-16(11-9-15)14-30(2,27)28)26-13-17-6-4-5-7-18(17)29-20(21,22)23/h4-11H,3,12-14H2,1-2H3,(H2,24,25,26). The van der Waals surface area contributed by atoms with Crippen molar-refractivity contribution < 1.29 is 26.3 Å². The Balaban J connectivity index is 2.03. The number of guanidine groups is 1. The van der Waals surface area contributed by atoms with Crippen LogP contribution in [-0.2, 0) is 28.7 Å². The Labute approximate surface area is 174 Å². The Morgan fingerprint density at radius 3 is 2.27 bits per heavy atom. The molecular weight excluding hydrogens is 419 g/mol. The molecule has 10 heteroatoms. The fourth-order valence-electron chi connectivity index (χ4n) is 2.61. The lowest BCUT2D eigenvalue weighted by Gasteiger charge is -2.15. The normalized spacial score (nSPS) is 12.5. The minimum atomic E-state index is -4.77. The molecule has 0 aliphatic rings. The first kappa shape index (κ1) is 23.5. The molecule has 2 aromatic rings. The number of hydrogen-bond acceptors (Lipinski definition) is 4. The molecule has 0 aliphatic carbocycles. The second-order valence-corrected chi connectivity index (χ2v) is 8.73. The Bertz CT molecular complexity index is 959. The molecule has 0 fully saturated rings. The van der Waals surface area contributed by atoms with Gasteiger partial charge in [0.2, 0.25) is 0 Å². The molecule has 0 bridgehead atoms. The largest absolute Gasteiger partial charge is 0.573 e. The minimum Gasteiger partial charge on any atom is -0.405 e. The number of benzene rings is 2. The second-order valence-electron chi connectivity index (χ2n) is 6.59. The fourth-order valence-corrected chi connectivity index (χ4v) is 3.41. The number of aliphatic imine (C=N–C) groups is 1. The van der Waals surface area contributed by atoms with Crippen molar-refractivity contribution in [3.63, 3.8) is 0 Å². The van der Waals surface area contributed by atoms with E-state index in [1.54, 1.807) is 30.3 Å². The van der Waals surface area contributed by atoms with Crippen molar-refractivity contribution in [2.75, 3.05) is 12.8 Å². The van der Waals surface area contributed by atoms with E-state index in [0.29, 0.717) is 30.2 Å². The van der Waals surface area contributed by atoms with Gasteiger partial charge < -0.3 is 15.4 Å². The summed E-state index contributed by atoms with van der Waals surface area (Å²) in [6.07, 6.45) is -3.59. The third-order valence-corrected chi connectivity index (χ3v) is 4.72. The van der Waals surface area contributed by atoms with E-state index in [9.17, 15) is 21.6 Å². The highest BCUT2D eigenvalue weighted by Crippen LogP contribution is 2.26. The van der Waals surface area contributed by atoms with Crippen molar-refractivity contribution in [1.29, 1.82) is 0 Å². The van der Waals surface area contributed by atoms with Gasteiger partial charge in [-0.15, -0.1) is 13.2 Å². The molecule has 0 unspecified atom stereocenters. The monoisotopic (exact) mass is 443 g/mol. The van der Waals surface area contributed by atoms with Gasteiger partial charge >= 0.3 is 6.36 Å². The van der Waals surface area contributed by atoms with E-state index in [4.69, 9.17) is 0 Å². The van der Waals surface area contributed by atoms with E-state index in [-0.39, 0.29) is 18.0 Å². The molecule has 2 aromatic carbocycles. The predicted octanol–water partition coefficient (Wildman–Crippen LogP) is 3.39. The highest BCUT2D eigenvalue weighted by molar-refractivity contribution is 7.89. The second kappa shape index (κ2) is 10.3. The first-order valence-electron chi connectivity index (χ1n) is 9.17. The zero-order chi connectivity index (χ0) is 22.2. The average Bonchev–Trinajstić information content (AvgIpc) is 2.64. The van der Waals surface area contributed by atoms with Gasteiger partial charge in [-0.2, -0.15) is 0 Å². The molecule has 2 rings (SSSR count). The van der Waals surface area contributed by atoms with E-state index >= 15 is 0 Å². The summed E-state index contributed by atoms with van der Waals surface area (Å²) in [5.41, 5.74) is 1.90. The lowest BCUT2D eigenvalue weighted by molar-refractivity contribution is -0.274. The number of hydrogen-bond donors (Lipinski definition) is 2. The van der Waals surface area contributed by atoms with E-state index in [1.807, 2.05) is 6.92 Å². The topological polar surface area (TPSA) is 79.8 Å². The zero-order valence-electron chi connectivity index (χ0n) is 16.7. The van der Waals surface area contributed by atoms with Crippen molar-refractivity contribution in [2.45, 2.75) is 32.1 Å². The molecule has 0 heterocycles. The quantitative estimate of drug-likeness (QED) is 0.483. The van der Waals surface area contributed by atoms with Crippen molar-refractivity contribution in [3.05, 3.63) is 65.2 Å². The summed E-state index contributed by atoms with van der Waals surface area (Å²) >= 11 is 0. The number of para-hydroxylation sites is 1. The number of alkyl halides is 3. The summed E-state index contributed by atoms with van der Waals surface area (Å²) in [7, 11) is -3.10. The summed E-state index contributed by atoms with van der Waals surface area (Å²) < 4.78 is 64.4. The number of rotatable bonds is 8. The molecule has 0 radical (unpaired) electrons. The van der Waals surface area contributed by atoms with Crippen LogP contribution in [-0.4, -0.2) is 33.5 Å². The zero-order valence-corrected chi connectivity index (χ0v) is 17.5. The Kier molecular flexibility index (Phi) is 8.10. The number of sulfone groups is 1. The Hall–Kier alpha value is -2.75. The van der Waals surface area contributed by atoms with Crippen molar-refractivity contribution in [1.82, 2.24) is 10.6 Å². The highest BCUT2D eigenvalue weighted by Gasteiger charge is 2.31. The molecule has 0 atom stereocenters. The number of nitrogens with zero attached hydrogens (tertiary/aromatic N) is 1. The van der Waals surface area contributed by atoms with E-state index in [2.05, 4.69) is 20.4 Å². The number of nitrogens with one attached hydrogen (secondary N) is 2. The van der Waals surface area contributed by atoms with E-state index in [1.165, 1.54) is 24.5 Å². The van der Waals surface area contributed by atoms with Crippen LogP contribution in [0, 0.1) is 0 Å². The van der Waals surface area contributed by atoms with Crippen molar-refractivity contribution in [2.24, 2.45) is 4.99 Å². The van der Waals surface area contributed by atoms with Gasteiger partial charge in [0.1, 0.15) is 5.75 Å². The van der Waals surface area contributed by atoms with Crippen LogP contribution in [0.25, 0.3) is 0 Å². The molecule has 0 spiro atoms.